The van der Waals surface area contributed by atoms with Crippen LogP contribution in [0.15, 0.2) is 24.3 Å². The minimum atomic E-state index is -0.590. The van der Waals surface area contributed by atoms with E-state index in [4.69, 9.17) is 4.74 Å². The molecule has 0 heterocycles. The Labute approximate surface area is 143 Å². The lowest BCUT2D eigenvalue weighted by molar-refractivity contribution is -0.123. The van der Waals surface area contributed by atoms with Crippen molar-refractivity contribution in [1.82, 2.24) is 16.0 Å². The van der Waals surface area contributed by atoms with Crippen molar-refractivity contribution < 1.29 is 14.3 Å². The fraction of sp³-hybridized carbons (Fsp3) is 0.556. The molecule has 0 saturated heterocycles. The summed E-state index contributed by atoms with van der Waals surface area (Å²) in [5, 5.41) is 8.44. The molecule has 3 N–H and O–H groups in total. The van der Waals surface area contributed by atoms with Crippen LogP contribution in [0.4, 0.5) is 4.79 Å². The predicted molar refractivity (Wildman–Crippen MR) is 93.2 cm³/mol. The maximum atomic E-state index is 12.1. The summed E-state index contributed by atoms with van der Waals surface area (Å²) in [5.74, 6) is 0.894. The third-order valence-electron chi connectivity index (χ3n) is 3.88. The highest BCUT2D eigenvalue weighted by Crippen LogP contribution is 2.44. The summed E-state index contributed by atoms with van der Waals surface area (Å²) in [4.78, 5) is 24.1. The molecule has 1 aromatic carbocycles. The van der Waals surface area contributed by atoms with Crippen molar-refractivity contribution in [1.29, 1.82) is 0 Å². The molecule has 0 spiro atoms. The number of nitrogens with one attached hydrogen (secondary N) is 3. The van der Waals surface area contributed by atoms with E-state index in [2.05, 4.69) is 16.0 Å². The number of amides is 3. The van der Waals surface area contributed by atoms with Gasteiger partial charge in [0.2, 0.25) is 5.91 Å². The molecule has 0 aliphatic heterocycles. The molecule has 1 aliphatic rings. The van der Waals surface area contributed by atoms with E-state index < -0.39 is 6.04 Å². The third kappa shape index (κ3) is 4.88. The Kier molecular flexibility index (Phi) is 5.36. The fourth-order valence-corrected chi connectivity index (χ4v) is 2.62. The molecule has 1 aliphatic carbocycles. The number of carbonyl (C=O) groups excluding carboxylic acids is 2. The van der Waals surface area contributed by atoms with Gasteiger partial charge in [0, 0.05) is 17.5 Å². The zero-order valence-electron chi connectivity index (χ0n) is 15.0. The summed E-state index contributed by atoms with van der Waals surface area (Å²) in [6.45, 7) is 7.38. The van der Waals surface area contributed by atoms with Crippen molar-refractivity contribution in [2.24, 2.45) is 0 Å². The van der Waals surface area contributed by atoms with Crippen molar-refractivity contribution in [3.8, 4) is 5.75 Å². The van der Waals surface area contributed by atoms with Gasteiger partial charge in [-0.3, -0.25) is 4.79 Å². The molecule has 3 amide bonds. The minimum Gasteiger partial charge on any atom is -0.496 e. The Morgan fingerprint density at radius 2 is 1.92 bits per heavy atom. The van der Waals surface area contributed by atoms with Crippen LogP contribution in [-0.2, 0) is 4.79 Å². The first-order chi connectivity index (χ1) is 11.2. The second-order valence-corrected chi connectivity index (χ2v) is 7.27. The average molecular weight is 333 g/mol. The van der Waals surface area contributed by atoms with Gasteiger partial charge in [0.05, 0.1) is 7.11 Å². The predicted octanol–water partition coefficient (Wildman–Crippen LogP) is 2.15. The molecule has 6 nitrogen and oxygen atoms in total. The van der Waals surface area contributed by atoms with Crippen LogP contribution >= 0.6 is 0 Å². The molecule has 0 bridgehead atoms. The fourth-order valence-electron chi connectivity index (χ4n) is 2.62. The van der Waals surface area contributed by atoms with E-state index in [1.807, 2.05) is 45.0 Å². The Bertz CT molecular complexity index is 610. The van der Waals surface area contributed by atoms with Gasteiger partial charge in [0.25, 0.3) is 0 Å². The topological polar surface area (TPSA) is 79.5 Å². The van der Waals surface area contributed by atoms with Gasteiger partial charge in [0.15, 0.2) is 0 Å². The van der Waals surface area contributed by atoms with Crippen molar-refractivity contribution in [3.05, 3.63) is 29.8 Å². The van der Waals surface area contributed by atoms with E-state index in [1.165, 1.54) is 0 Å². The third-order valence-corrected chi connectivity index (χ3v) is 3.88. The van der Waals surface area contributed by atoms with E-state index in [1.54, 1.807) is 14.0 Å². The minimum absolute atomic E-state index is 0.0687. The van der Waals surface area contributed by atoms with Gasteiger partial charge in [-0.05, 0) is 45.7 Å². The van der Waals surface area contributed by atoms with Gasteiger partial charge in [-0.25, -0.2) is 4.79 Å². The maximum Gasteiger partial charge on any atom is 0.315 e. The second-order valence-electron chi connectivity index (χ2n) is 7.27. The number of para-hydroxylation sites is 1. The lowest BCUT2D eigenvalue weighted by atomic mass is 10.1. The normalized spacial score (nSPS) is 20.7. The van der Waals surface area contributed by atoms with Crippen molar-refractivity contribution in [2.75, 3.05) is 7.11 Å². The zero-order chi connectivity index (χ0) is 17.9. The van der Waals surface area contributed by atoms with Gasteiger partial charge in [-0.1, -0.05) is 18.2 Å². The molecule has 2 rings (SSSR count). The maximum absolute atomic E-state index is 12.1. The number of hydrogen-bond acceptors (Lipinski definition) is 3. The molecule has 3 atom stereocenters. The summed E-state index contributed by atoms with van der Waals surface area (Å²) >= 11 is 0. The smallest absolute Gasteiger partial charge is 0.315 e. The van der Waals surface area contributed by atoms with Crippen molar-refractivity contribution in [2.45, 2.75) is 57.7 Å². The second kappa shape index (κ2) is 7.11. The first-order valence-corrected chi connectivity index (χ1v) is 8.23. The molecular weight excluding hydrogens is 306 g/mol. The zero-order valence-corrected chi connectivity index (χ0v) is 15.0. The quantitative estimate of drug-likeness (QED) is 0.772. The Balaban J connectivity index is 1.83. The van der Waals surface area contributed by atoms with Crippen LogP contribution in [0.5, 0.6) is 5.75 Å². The van der Waals surface area contributed by atoms with E-state index in [0.29, 0.717) is 0 Å². The number of benzene rings is 1. The van der Waals surface area contributed by atoms with Crippen LogP contribution in [-0.4, -0.2) is 36.7 Å². The van der Waals surface area contributed by atoms with Crippen molar-refractivity contribution >= 4 is 11.9 Å². The molecule has 6 heteroatoms. The van der Waals surface area contributed by atoms with Crippen LogP contribution in [0.1, 0.15) is 45.6 Å². The van der Waals surface area contributed by atoms with E-state index in [0.717, 1.165) is 17.7 Å². The summed E-state index contributed by atoms with van der Waals surface area (Å²) < 4.78 is 5.36. The molecule has 1 aromatic rings. The molecule has 1 fully saturated rings. The molecule has 0 unspecified atom stereocenters. The number of ether oxygens (including phenoxy) is 1. The SMILES string of the molecule is COc1ccccc1[C@@H]1C[C@@H]1NC(=O)N[C@@H](C)C(=O)NC(C)(C)C. The Morgan fingerprint density at radius 3 is 2.54 bits per heavy atom. The van der Waals surface area contributed by atoms with Crippen molar-refractivity contribution in [3.63, 3.8) is 0 Å². The van der Waals surface area contributed by atoms with Gasteiger partial charge >= 0.3 is 6.03 Å². The molecule has 132 valence electrons. The van der Waals surface area contributed by atoms with Crippen LogP contribution in [0.25, 0.3) is 0 Å². The highest BCUT2D eigenvalue weighted by molar-refractivity contribution is 5.87. The van der Waals surface area contributed by atoms with Gasteiger partial charge in [0.1, 0.15) is 11.8 Å². The number of rotatable bonds is 5. The number of urea groups is 1. The Hall–Kier alpha value is -2.24. The first kappa shape index (κ1) is 18.1. The molecular formula is C18H27N3O3. The van der Waals surface area contributed by atoms with E-state index in [-0.39, 0.29) is 29.4 Å². The molecule has 0 radical (unpaired) electrons. The van der Waals surface area contributed by atoms with Crippen LogP contribution in [0, 0.1) is 0 Å². The molecule has 1 saturated carbocycles. The molecule has 24 heavy (non-hydrogen) atoms. The van der Waals surface area contributed by atoms with Gasteiger partial charge in [-0.2, -0.15) is 0 Å². The molecule has 0 aromatic heterocycles. The summed E-state index contributed by atoms with van der Waals surface area (Å²) in [6.07, 6.45) is 0.871. The van der Waals surface area contributed by atoms with Crippen LogP contribution < -0.4 is 20.7 Å². The standard InChI is InChI=1S/C18H27N3O3/c1-11(16(22)21-18(2,3)4)19-17(23)20-14-10-13(14)12-8-6-7-9-15(12)24-5/h6-9,11,13-14H,10H2,1-5H3,(H,21,22)(H2,19,20,23)/t11-,13-,14-/m0/s1. The summed E-state index contributed by atoms with van der Waals surface area (Å²) in [7, 11) is 1.64. The number of carbonyl (C=O) groups is 2. The lowest BCUT2D eigenvalue weighted by Gasteiger charge is -2.23. The average Bonchev–Trinajstić information content (AvgIpc) is 3.24. The first-order valence-electron chi connectivity index (χ1n) is 8.23. The van der Waals surface area contributed by atoms with E-state index >= 15 is 0 Å². The summed E-state index contributed by atoms with van der Waals surface area (Å²) in [6, 6.07) is 6.98. The van der Waals surface area contributed by atoms with Gasteiger partial charge in [-0.15, -0.1) is 0 Å². The van der Waals surface area contributed by atoms with Crippen LogP contribution in [0.2, 0.25) is 0 Å². The van der Waals surface area contributed by atoms with E-state index in [9.17, 15) is 9.59 Å². The highest BCUT2D eigenvalue weighted by Gasteiger charge is 2.41. The lowest BCUT2D eigenvalue weighted by Crippen LogP contribution is -2.53. The monoisotopic (exact) mass is 333 g/mol. The van der Waals surface area contributed by atoms with Gasteiger partial charge < -0.3 is 20.7 Å². The summed E-state index contributed by atoms with van der Waals surface area (Å²) in [5.41, 5.74) is 0.776. The largest absolute Gasteiger partial charge is 0.496 e. The number of hydrogen-bond donors (Lipinski definition) is 3. The Morgan fingerprint density at radius 1 is 1.25 bits per heavy atom. The van der Waals surface area contributed by atoms with Crippen LogP contribution in [0.3, 0.4) is 0 Å². The highest BCUT2D eigenvalue weighted by atomic mass is 16.5. The number of methoxy groups -OCH3 is 1.